The van der Waals surface area contributed by atoms with E-state index in [1.165, 1.54) is 11.8 Å². The van der Waals surface area contributed by atoms with E-state index in [1.807, 2.05) is 60.7 Å². The van der Waals surface area contributed by atoms with Crippen LogP contribution in [0.5, 0.6) is 0 Å². The third-order valence-corrected chi connectivity index (χ3v) is 4.90. The van der Waals surface area contributed by atoms with Crippen molar-refractivity contribution in [1.82, 2.24) is 0 Å². The quantitative estimate of drug-likeness (QED) is 0.771. The highest BCUT2D eigenvalue weighted by Gasteiger charge is 2.42. The van der Waals surface area contributed by atoms with Crippen LogP contribution in [0, 0.1) is 0 Å². The zero-order valence-corrected chi connectivity index (χ0v) is 12.6. The van der Waals surface area contributed by atoms with Crippen molar-refractivity contribution in [2.24, 2.45) is 5.73 Å². The van der Waals surface area contributed by atoms with Crippen LogP contribution in [0.2, 0.25) is 0 Å². The molecule has 0 aliphatic carbocycles. The highest BCUT2D eigenvalue weighted by atomic mass is 32.2. The van der Waals surface area contributed by atoms with Gasteiger partial charge in [0.05, 0.1) is 0 Å². The van der Waals surface area contributed by atoms with E-state index in [1.54, 1.807) is 0 Å². The molecule has 0 fully saturated rings. The van der Waals surface area contributed by atoms with E-state index in [4.69, 9.17) is 5.73 Å². The number of rotatable bonds is 7. The van der Waals surface area contributed by atoms with Crippen LogP contribution in [0.4, 0.5) is 0 Å². The van der Waals surface area contributed by atoms with Crippen LogP contribution in [-0.2, 0) is 9.54 Å². The number of carbonyl (C=O) groups is 1. The molecule has 0 amide bonds. The van der Waals surface area contributed by atoms with E-state index in [0.717, 1.165) is 17.5 Å². The lowest BCUT2D eigenvalue weighted by Gasteiger charge is -2.30. The number of thioether (sulfide) groups is 1. The molecule has 2 aromatic carbocycles. The monoisotopic (exact) mass is 301 g/mol. The second kappa shape index (κ2) is 7.29. The van der Waals surface area contributed by atoms with Crippen molar-refractivity contribution in [1.29, 1.82) is 0 Å². The third-order valence-electron chi connectivity index (χ3n) is 3.33. The fourth-order valence-corrected chi connectivity index (χ4v) is 3.64. The molecule has 0 unspecified atom stereocenters. The summed E-state index contributed by atoms with van der Waals surface area (Å²) >= 11 is 1.43. The molecule has 0 spiro atoms. The van der Waals surface area contributed by atoms with Crippen LogP contribution in [0.1, 0.15) is 17.5 Å². The Morgan fingerprint density at radius 1 is 1.00 bits per heavy atom. The molecule has 2 rings (SSSR count). The van der Waals surface area contributed by atoms with Crippen LogP contribution >= 0.6 is 11.8 Å². The molecule has 110 valence electrons. The predicted molar refractivity (Wildman–Crippen MR) is 87.4 cm³/mol. The maximum Gasteiger partial charge on any atom is 0.328 e. The number of benzene rings is 2. The lowest BCUT2D eigenvalue weighted by Crippen LogP contribution is -2.34. The summed E-state index contributed by atoms with van der Waals surface area (Å²) < 4.78 is -1.09. The van der Waals surface area contributed by atoms with Gasteiger partial charge >= 0.3 is 5.97 Å². The number of hydrogen-bond acceptors (Lipinski definition) is 3. The van der Waals surface area contributed by atoms with Gasteiger partial charge in [-0.05, 0) is 29.8 Å². The summed E-state index contributed by atoms with van der Waals surface area (Å²) in [5.41, 5.74) is 7.12. The zero-order chi connectivity index (χ0) is 15.1. The number of hydrogen-bond donors (Lipinski definition) is 2. The Morgan fingerprint density at radius 3 is 1.86 bits per heavy atom. The maximum absolute atomic E-state index is 12.2. The van der Waals surface area contributed by atoms with Crippen molar-refractivity contribution in [2.45, 2.75) is 11.2 Å². The molecule has 0 aromatic heterocycles. The normalized spacial score (nSPS) is 11.3. The molecule has 0 aliphatic heterocycles. The molecular weight excluding hydrogens is 282 g/mol. The van der Waals surface area contributed by atoms with E-state index in [0.29, 0.717) is 12.3 Å². The summed E-state index contributed by atoms with van der Waals surface area (Å²) in [6.07, 6.45) is 0.791. The number of nitrogens with two attached hydrogens (primary N) is 1. The SMILES string of the molecule is NCCCSC(C(=O)O)(c1ccccc1)c1ccccc1. The highest BCUT2D eigenvalue weighted by molar-refractivity contribution is 8.01. The summed E-state index contributed by atoms with van der Waals surface area (Å²) in [4.78, 5) is 12.2. The van der Waals surface area contributed by atoms with Gasteiger partial charge in [0, 0.05) is 0 Å². The minimum Gasteiger partial charge on any atom is -0.480 e. The molecule has 0 saturated carbocycles. The number of carboxylic acid groups (broad SMARTS) is 1. The van der Waals surface area contributed by atoms with E-state index >= 15 is 0 Å². The average molecular weight is 301 g/mol. The van der Waals surface area contributed by atoms with Crippen molar-refractivity contribution in [3.63, 3.8) is 0 Å². The van der Waals surface area contributed by atoms with Crippen LogP contribution in [0.3, 0.4) is 0 Å². The average Bonchev–Trinajstić information content (AvgIpc) is 2.53. The molecule has 0 radical (unpaired) electrons. The van der Waals surface area contributed by atoms with Gasteiger partial charge in [-0.1, -0.05) is 60.7 Å². The predicted octanol–water partition coefficient (Wildman–Crippen LogP) is 3.10. The Hall–Kier alpha value is -1.78. The molecule has 0 atom stereocenters. The molecule has 2 aromatic rings. The van der Waals surface area contributed by atoms with Gasteiger partial charge in [-0.2, -0.15) is 0 Å². The maximum atomic E-state index is 12.2. The standard InChI is InChI=1S/C17H19NO2S/c18-12-7-13-21-17(16(19)20,14-8-3-1-4-9-14)15-10-5-2-6-11-15/h1-6,8-11H,7,12-13,18H2,(H,19,20). The Balaban J connectivity index is 2.52. The second-order valence-corrected chi connectivity index (χ2v) is 6.02. The first kappa shape index (κ1) is 15.6. The summed E-state index contributed by atoms with van der Waals surface area (Å²) in [5.74, 6) is -0.144. The Morgan fingerprint density at radius 2 is 1.48 bits per heavy atom. The fraction of sp³-hybridized carbons (Fsp3) is 0.235. The van der Waals surface area contributed by atoms with E-state index in [2.05, 4.69) is 0 Å². The van der Waals surface area contributed by atoms with Gasteiger partial charge < -0.3 is 10.8 Å². The first-order valence-corrected chi connectivity index (χ1v) is 7.89. The molecule has 21 heavy (non-hydrogen) atoms. The molecule has 0 bridgehead atoms. The van der Waals surface area contributed by atoms with Crippen molar-refractivity contribution < 1.29 is 9.90 Å². The summed E-state index contributed by atoms with van der Waals surface area (Å²) in [5, 5.41) is 9.98. The van der Waals surface area contributed by atoms with Crippen LogP contribution in [0.15, 0.2) is 60.7 Å². The smallest absolute Gasteiger partial charge is 0.328 e. The van der Waals surface area contributed by atoms with Crippen molar-refractivity contribution in [2.75, 3.05) is 12.3 Å². The van der Waals surface area contributed by atoms with Gasteiger partial charge in [0.2, 0.25) is 0 Å². The Kier molecular flexibility index (Phi) is 5.42. The zero-order valence-electron chi connectivity index (χ0n) is 11.7. The largest absolute Gasteiger partial charge is 0.480 e. The van der Waals surface area contributed by atoms with E-state index in [-0.39, 0.29) is 0 Å². The topological polar surface area (TPSA) is 63.3 Å². The summed E-state index contributed by atoms with van der Waals surface area (Å²) in [7, 11) is 0. The molecular formula is C17H19NO2S. The third kappa shape index (κ3) is 3.28. The van der Waals surface area contributed by atoms with Crippen LogP contribution in [0.25, 0.3) is 0 Å². The highest BCUT2D eigenvalue weighted by Crippen LogP contribution is 2.43. The van der Waals surface area contributed by atoms with Crippen molar-refractivity contribution in [3.8, 4) is 0 Å². The van der Waals surface area contributed by atoms with Crippen LogP contribution < -0.4 is 5.73 Å². The van der Waals surface area contributed by atoms with Gasteiger partial charge in [-0.25, -0.2) is 4.79 Å². The number of aliphatic carboxylic acids is 1. The van der Waals surface area contributed by atoms with Gasteiger partial charge in [0.1, 0.15) is 0 Å². The molecule has 3 N–H and O–H groups in total. The van der Waals surface area contributed by atoms with Crippen molar-refractivity contribution >= 4 is 17.7 Å². The number of carboxylic acids is 1. The minimum atomic E-state index is -1.09. The molecule has 4 heteroatoms. The van der Waals surface area contributed by atoms with Gasteiger partial charge in [0.15, 0.2) is 4.75 Å². The lowest BCUT2D eigenvalue weighted by molar-refractivity contribution is -0.138. The van der Waals surface area contributed by atoms with E-state index < -0.39 is 10.7 Å². The molecule has 3 nitrogen and oxygen atoms in total. The van der Waals surface area contributed by atoms with Crippen molar-refractivity contribution in [3.05, 3.63) is 71.8 Å². The second-order valence-electron chi connectivity index (χ2n) is 4.71. The molecule has 0 heterocycles. The summed E-state index contributed by atoms with van der Waals surface area (Å²) in [6.45, 7) is 0.562. The van der Waals surface area contributed by atoms with Gasteiger partial charge in [-0.15, -0.1) is 11.8 Å². The lowest BCUT2D eigenvalue weighted by atomic mass is 9.90. The first-order chi connectivity index (χ1) is 10.2. The Labute approximate surface area is 129 Å². The fourth-order valence-electron chi connectivity index (χ4n) is 2.30. The molecule has 0 saturated heterocycles. The minimum absolute atomic E-state index is 0.562. The Bertz CT molecular complexity index is 532. The van der Waals surface area contributed by atoms with Crippen LogP contribution in [-0.4, -0.2) is 23.4 Å². The summed E-state index contributed by atoms with van der Waals surface area (Å²) in [6, 6.07) is 18.8. The first-order valence-electron chi connectivity index (χ1n) is 6.90. The van der Waals surface area contributed by atoms with Gasteiger partial charge in [0.25, 0.3) is 0 Å². The van der Waals surface area contributed by atoms with E-state index in [9.17, 15) is 9.90 Å². The van der Waals surface area contributed by atoms with Gasteiger partial charge in [-0.3, -0.25) is 0 Å². The molecule has 0 aliphatic rings.